The van der Waals surface area contributed by atoms with Crippen molar-refractivity contribution in [2.75, 3.05) is 13.2 Å². The van der Waals surface area contributed by atoms with Gasteiger partial charge in [-0.25, -0.2) is 9.18 Å². The summed E-state index contributed by atoms with van der Waals surface area (Å²) in [6.45, 7) is 4.02. The number of carbonyl (C=O) groups is 3. The third-order valence-electron chi connectivity index (χ3n) is 8.80. The number of hydrogen-bond donors (Lipinski definition) is 4. The number of aliphatic hydroxyl groups is 1. The van der Waals surface area contributed by atoms with Gasteiger partial charge in [0.15, 0.2) is 0 Å². The molecule has 2 aliphatic rings. The first-order valence-electron chi connectivity index (χ1n) is 15.2. The van der Waals surface area contributed by atoms with Crippen LogP contribution in [-0.2, 0) is 19.7 Å². The first-order chi connectivity index (χ1) is 20.6. The molecule has 1 heterocycles. The van der Waals surface area contributed by atoms with E-state index in [2.05, 4.69) is 16.0 Å². The summed E-state index contributed by atoms with van der Waals surface area (Å²) in [5, 5.41) is 18.9. The molecule has 0 aromatic heterocycles. The van der Waals surface area contributed by atoms with Gasteiger partial charge in [0.25, 0.3) is 0 Å². The predicted molar refractivity (Wildman–Crippen MR) is 163 cm³/mol. The summed E-state index contributed by atoms with van der Waals surface area (Å²) in [5.74, 6) is -1.02. The van der Waals surface area contributed by atoms with Crippen molar-refractivity contribution >= 4 is 29.5 Å². The van der Waals surface area contributed by atoms with Crippen LogP contribution in [0.1, 0.15) is 82.4 Å². The highest BCUT2D eigenvalue weighted by Gasteiger charge is 2.38. The molecule has 8 nitrogen and oxygen atoms in total. The van der Waals surface area contributed by atoms with Crippen LogP contribution >= 0.6 is 11.6 Å². The Morgan fingerprint density at radius 1 is 1.07 bits per heavy atom. The predicted octanol–water partition coefficient (Wildman–Crippen LogP) is 5.57. The van der Waals surface area contributed by atoms with Gasteiger partial charge >= 0.3 is 6.09 Å². The molecule has 0 radical (unpaired) electrons. The summed E-state index contributed by atoms with van der Waals surface area (Å²) in [6, 6.07) is 11.6. The van der Waals surface area contributed by atoms with Crippen LogP contribution in [-0.4, -0.2) is 48.2 Å². The maximum atomic E-state index is 14.3. The molecule has 234 valence electrons. The van der Waals surface area contributed by atoms with Gasteiger partial charge in [0.2, 0.25) is 11.8 Å². The number of hydrogen-bond acceptors (Lipinski definition) is 5. The van der Waals surface area contributed by atoms with E-state index >= 15 is 0 Å². The van der Waals surface area contributed by atoms with E-state index in [9.17, 15) is 23.9 Å². The molecule has 4 rings (SSSR count). The van der Waals surface area contributed by atoms with Crippen molar-refractivity contribution in [1.82, 2.24) is 16.0 Å². The van der Waals surface area contributed by atoms with Crippen molar-refractivity contribution in [3.63, 3.8) is 0 Å². The second-order valence-corrected chi connectivity index (χ2v) is 12.8. The maximum Gasteiger partial charge on any atom is 0.408 e. The fraction of sp³-hybridized carbons (Fsp3) is 0.545. The number of carbonyl (C=O) groups excluding carboxylic acids is 3. The SMILES string of the molecule is CC(C)(c1cccc(Cl)c1)C(OC(=O)NC(CC1CCCCC1)C(=O)NC(CO)CC1CCNC1=O)c1cccc(F)c1. The lowest BCUT2D eigenvalue weighted by Gasteiger charge is -2.35. The fourth-order valence-corrected chi connectivity index (χ4v) is 6.50. The third-order valence-corrected chi connectivity index (χ3v) is 9.04. The molecule has 1 saturated carbocycles. The van der Waals surface area contributed by atoms with Crippen molar-refractivity contribution in [2.45, 2.75) is 88.8 Å². The van der Waals surface area contributed by atoms with Gasteiger partial charge in [-0.3, -0.25) is 9.59 Å². The van der Waals surface area contributed by atoms with Crippen LogP contribution in [0.3, 0.4) is 0 Å². The van der Waals surface area contributed by atoms with E-state index in [0.717, 1.165) is 37.7 Å². The van der Waals surface area contributed by atoms with E-state index in [-0.39, 0.29) is 24.3 Å². The van der Waals surface area contributed by atoms with Gasteiger partial charge < -0.3 is 25.8 Å². The molecule has 10 heteroatoms. The maximum absolute atomic E-state index is 14.3. The van der Waals surface area contributed by atoms with Crippen molar-refractivity contribution in [3.05, 3.63) is 70.5 Å². The minimum atomic E-state index is -0.913. The smallest absolute Gasteiger partial charge is 0.408 e. The Morgan fingerprint density at radius 3 is 2.47 bits per heavy atom. The number of rotatable bonds is 12. The third kappa shape index (κ3) is 8.92. The quantitative estimate of drug-likeness (QED) is 0.249. The topological polar surface area (TPSA) is 117 Å². The zero-order valence-electron chi connectivity index (χ0n) is 24.9. The summed E-state index contributed by atoms with van der Waals surface area (Å²) < 4.78 is 20.4. The average Bonchev–Trinajstić information content (AvgIpc) is 3.39. The van der Waals surface area contributed by atoms with Gasteiger partial charge in [0, 0.05) is 22.9 Å². The number of aliphatic hydroxyl groups excluding tert-OH is 1. The Balaban J connectivity index is 1.54. The molecule has 1 saturated heterocycles. The zero-order valence-corrected chi connectivity index (χ0v) is 25.7. The van der Waals surface area contributed by atoms with Gasteiger partial charge in [0.1, 0.15) is 18.0 Å². The minimum absolute atomic E-state index is 0.0844. The Labute approximate surface area is 258 Å². The lowest BCUT2D eigenvalue weighted by atomic mass is 9.76. The number of benzene rings is 2. The van der Waals surface area contributed by atoms with Crippen LogP contribution < -0.4 is 16.0 Å². The van der Waals surface area contributed by atoms with E-state index in [1.54, 1.807) is 30.3 Å². The Morgan fingerprint density at radius 2 is 1.81 bits per heavy atom. The van der Waals surface area contributed by atoms with Gasteiger partial charge in [-0.05, 0) is 60.6 Å². The molecule has 43 heavy (non-hydrogen) atoms. The summed E-state index contributed by atoms with van der Waals surface area (Å²) in [7, 11) is 0. The minimum Gasteiger partial charge on any atom is -0.440 e. The van der Waals surface area contributed by atoms with Crippen LogP contribution in [0.4, 0.5) is 9.18 Å². The summed E-state index contributed by atoms with van der Waals surface area (Å²) in [6.07, 6.45) is 4.85. The first-order valence-corrected chi connectivity index (χ1v) is 15.6. The average molecular weight is 616 g/mol. The summed E-state index contributed by atoms with van der Waals surface area (Å²) in [4.78, 5) is 39.2. The molecule has 4 N–H and O–H groups in total. The van der Waals surface area contributed by atoms with Crippen LogP contribution in [0, 0.1) is 17.7 Å². The van der Waals surface area contributed by atoms with Crippen LogP contribution in [0.2, 0.25) is 5.02 Å². The van der Waals surface area contributed by atoms with Gasteiger partial charge in [-0.15, -0.1) is 0 Å². The van der Waals surface area contributed by atoms with Crippen molar-refractivity contribution < 1.29 is 28.6 Å². The lowest BCUT2D eigenvalue weighted by molar-refractivity contribution is -0.126. The highest BCUT2D eigenvalue weighted by molar-refractivity contribution is 6.30. The molecular weight excluding hydrogens is 573 g/mol. The Bertz CT molecular complexity index is 1270. The highest BCUT2D eigenvalue weighted by atomic mass is 35.5. The number of alkyl carbamates (subject to hydrolysis) is 1. The summed E-state index contributed by atoms with van der Waals surface area (Å²) >= 11 is 6.28. The largest absolute Gasteiger partial charge is 0.440 e. The second-order valence-electron chi connectivity index (χ2n) is 12.4. The van der Waals surface area contributed by atoms with Crippen molar-refractivity contribution in [2.24, 2.45) is 11.8 Å². The number of halogens is 2. The molecule has 3 amide bonds. The molecule has 0 spiro atoms. The number of nitrogens with one attached hydrogen (secondary N) is 3. The van der Waals surface area contributed by atoms with E-state index in [1.807, 2.05) is 19.9 Å². The summed E-state index contributed by atoms with van der Waals surface area (Å²) in [5.41, 5.74) is 0.435. The first kappa shape index (κ1) is 32.7. The molecular formula is C33H43ClFN3O5. The molecule has 4 atom stereocenters. The molecule has 2 aromatic carbocycles. The normalized spacial score (nSPS) is 19.7. The second kappa shape index (κ2) is 15.0. The van der Waals surface area contributed by atoms with Gasteiger partial charge in [-0.1, -0.05) is 81.8 Å². The highest BCUT2D eigenvalue weighted by Crippen LogP contribution is 2.40. The Kier molecular flexibility index (Phi) is 11.4. The van der Waals surface area contributed by atoms with Gasteiger partial charge in [-0.2, -0.15) is 0 Å². The standard InChI is InChI=1S/C33H43ClFN3O5/c1-33(2,24-11-7-12-25(34)19-24)29(22-10-6-13-26(35)17-22)43-32(42)38-28(16-21-8-4-3-5-9-21)31(41)37-27(20-39)18-23-14-15-36-30(23)40/h6-7,10-13,17,19,21,23,27-29,39H,3-5,8-9,14-16,18,20H2,1-2H3,(H,36,40)(H,37,41)(H,38,42). The monoisotopic (exact) mass is 615 g/mol. The molecule has 2 aromatic rings. The van der Waals surface area contributed by atoms with Crippen LogP contribution in [0.5, 0.6) is 0 Å². The Hall–Kier alpha value is -3.17. The lowest BCUT2D eigenvalue weighted by Crippen LogP contribution is -2.52. The molecule has 4 unspecified atom stereocenters. The van der Waals surface area contributed by atoms with Gasteiger partial charge in [0.05, 0.1) is 12.6 Å². The van der Waals surface area contributed by atoms with E-state index in [1.165, 1.54) is 12.1 Å². The zero-order chi connectivity index (χ0) is 31.0. The van der Waals surface area contributed by atoms with E-state index in [4.69, 9.17) is 16.3 Å². The number of ether oxygens (including phenoxy) is 1. The van der Waals surface area contributed by atoms with Crippen LogP contribution in [0.25, 0.3) is 0 Å². The molecule has 2 fully saturated rings. The number of amides is 3. The molecule has 1 aliphatic carbocycles. The van der Waals surface area contributed by atoms with E-state index < -0.39 is 41.4 Å². The molecule has 1 aliphatic heterocycles. The van der Waals surface area contributed by atoms with Crippen molar-refractivity contribution in [3.8, 4) is 0 Å². The fourth-order valence-electron chi connectivity index (χ4n) is 6.31. The van der Waals surface area contributed by atoms with Crippen LogP contribution in [0.15, 0.2) is 48.5 Å². The van der Waals surface area contributed by atoms with Crippen molar-refractivity contribution in [1.29, 1.82) is 0 Å². The molecule has 0 bridgehead atoms. The van der Waals surface area contributed by atoms with E-state index in [0.29, 0.717) is 36.4 Å².